The average molecular weight is 314 g/mol. The third kappa shape index (κ3) is 5.98. The third-order valence-corrected chi connectivity index (χ3v) is 4.12. The molecule has 130 valence electrons. The van der Waals surface area contributed by atoms with Crippen LogP contribution in [0.5, 0.6) is 0 Å². The molecule has 0 unspecified atom stereocenters. The van der Waals surface area contributed by atoms with Gasteiger partial charge in [0.2, 0.25) is 0 Å². The summed E-state index contributed by atoms with van der Waals surface area (Å²) in [5.41, 5.74) is -0.553. The zero-order valence-corrected chi connectivity index (χ0v) is 15.6. The third-order valence-electron chi connectivity index (χ3n) is 4.12. The summed E-state index contributed by atoms with van der Waals surface area (Å²) in [6, 6.07) is 0. The molecular formula is C18H34O4. The summed E-state index contributed by atoms with van der Waals surface area (Å²) in [7, 11) is 0. The Hall–Kier alpha value is -1.06. The minimum absolute atomic E-state index is 0.0987. The second-order valence-electron chi connectivity index (χ2n) is 7.20. The molecule has 0 heterocycles. The minimum Gasteiger partial charge on any atom is -0.463 e. The number of carbonyl (C=O) groups excluding carboxylic acids is 2. The molecule has 0 N–H and O–H groups in total. The Morgan fingerprint density at radius 2 is 1.27 bits per heavy atom. The lowest BCUT2D eigenvalue weighted by atomic mass is 9.66. The molecule has 0 saturated carbocycles. The number of hydrogen-bond acceptors (Lipinski definition) is 4. The molecule has 22 heavy (non-hydrogen) atoms. The second kappa shape index (κ2) is 9.16. The molecule has 0 aliphatic heterocycles. The van der Waals surface area contributed by atoms with Crippen molar-refractivity contribution in [1.29, 1.82) is 0 Å². The van der Waals surface area contributed by atoms with E-state index in [1.165, 1.54) is 0 Å². The zero-order valence-electron chi connectivity index (χ0n) is 15.6. The first-order valence-corrected chi connectivity index (χ1v) is 8.44. The molecule has 4 heteroatoms. The maximum atomic E-state index is 12.7. The first kappa shape index (κ1) is 20.9. The van der Waals surface area contributed by atoms with Crippen LogP contribution in [0.1, 0.15) is 74.7 Å². The molecule has 0 aliphatic rings. The molecule has 0 radical (unpaired) electrons. The van der Waals surface area contributed by atoms with Crippen LogP contribution >= 0.6 is 0 Å². The second-order valence-corrected chi connectivity index (χ2v) is 7.20. The Kier molecular flexibility index (Phi) is 8.72. The highest BCUT2D eigenvalue weighted by Gasteiger charge is 2.45. The van der Waals surface area contributed by atoms with Crippen molar-refractivity contribution in [3.05, 3.63) is 0 Å². The van der Waals surface area contributed by atoms with Gasteiger partial charge in [-0.25, -0.2) is 0 Å². The minimum atomic E-state index is -0.553. The van der Waals surface area contributed by atoms with Gasteiger partial charge < -0.3 is 9.47 Å². The van der Waals surface area contributed by atoms with E-state index in [1.54, 1.807) is 0 Å². The highest BCUT2D eigenvalue weighted by atomic mass is 16.5. The molecule has 0 spiro atoms. The summed E-state index contributed by atoms with van der Waals surface area (Å²) in [5, 5.41) is 0. The predicted octanol–water partition coefficient (Wildman–Crippen LogP) is 4.36. The highest BCUT2D eigenvalue weighted by molar-refractivity contribution is 5.78. The van der Waals surface area contributed by atoms with Gasteiger partial charge in [0.05, 0.1) is 17.6 Å². The summed E-state index contributed by atoms with van der Waals surface area (Å²) in [4.78, 5) is 24.4. The van der Waals surface area contributed by atoms with E-state index in [1.807, 2.05) is 55.4 Å². The molecule has 0 aromatic carbocycles. The molecule has 0 atom stereocenters. The normalized spacial score (nSPS) is 12.4. The fourth-order valence-corrected chi connectivity index (χ4v) is 2.99. The van der Waals surface area contributed by atoms with Crippen molar-refractivity contribution in [2.75, 3.05) is 0 Å². The van der Waals surface area contributed by atoms with Gasteiger partial charge in [0.15, 0.2) is 0 Å². The molecule has 0 rings (SSSR count). The van der Waals surface area contributed by atoms with Crippen molar-refractivity contribution in [3.8, 4) is 0 Å². The van der Waals surface area contributed by atoms with Gasteiger partial charge in [-0.15, -0.1) is 0 Å². The van der Waals surface area contributed by atoms with E-state index in [0.29, 0.717) is 19.3 Å². The van der Waals surface area contributed by atoms with Gasteiger partial charge in [-0.2, -0.15) is 0 Å². The molecule has 0 aromatic rings. The van der Waals surface area contributed by atoms with E-state index in [-0.39, 0.29) is 36.0 Å². The first-order valence-electron chi connectivity index (χ1n) is 8.44. The molecule has 0 saturated heterocycles. The maximum absolute atomic E-state index is 12.7. The van der Waals surface area contributed by atoms with Crippen LogP contribution in [0.2, 0.25) is 0 Å². The van der Waals surface area contributed by atoms with Crippen molar-refractivity contribution >= 4 is 11.9 Å². The molecule has 4 nitrogen and oxygen atoms in total. The van der Waals surface area contributed by atoms with Gasteiger partial charge in [0.25, 0.3) is 0 Å². The Bertz CT molecular complexity index is 348. The van der Waals surface area contributed by atoms with E-state index in [0.717, 1.165) is 0 Å². The van der Waals surface area contributed by atoms with Crippen molar-refractivity contribution in [2.45, 2.75) is 86.9 Å². The fourth-order valence-electron chi connectivity index (χ4n) is 2.99. The topological polar surface area (TPSA) is 52.6 Å². The summed E-state index contributed by atoms with van der Waals surface area (Å²) >= 11 is 0. The molecule has 0 amide bonds. The number of ether oxygens (including phenoxy) is 2. The number of esters is 2. The van der Waals surface area contributed by atoms with Crippen LogP contribution in [-0.4, -0.2) is 24.1 Å². The number of carbonyl (C=O) groups is 2. The van der Waals surface area contributed by atoms with Crippen molar-refractivity contribution < 1.29 is 19.1 Å². The quantitative estimate of drug-likeness (QED) is 0.593. The van der Waals surface area contributed by atoms with Crippen LogP contribution in [0.15, 0.2) is 0 Å². The van der Waals surface area contributed by atoms with Crippen molar-refractivity contribution in [3.63, 3.8) is 0 Å². The maximum Gasteiger partial charge on any atom is 0.312 e. The van der Waals surface area contributed by atoms with E-state index < -0.39 is 5.41 Å². The van der Waals surface area contributed by atoms with Crippen LogP contribution in [0, 0.1) is 17.3 Å². The van der Waals surface area contributed by atoms with Gasteiger partial charge in [0.1, 0.15) is 0 Å². The summed E-state index contributed by atoms with van der Waals surface area (Å²) in [6.07, 6.45) is 1.39. The van der Waals surface area contributed by atoms with Gasteiger partial charge in [-0.1, -0.05) is 27.7 Å². The average Bonchev–Trinajstić information content (AvgIpc) is 2.31. The predicted molar refractivity (Wildman–Crippen MR) is 88.4 cm³/mol. The van der Waals surface area contributed by atoms with Crippen LogP contribution < -0.4 is 0 Å². The smallest absolute Gasteiger partial charge is 0.312 e. The molecule has 0 fully saturated rings. The largest absolute Gasteiger partial charge is 0.463 e. The van der Waals surface area contributed by atoms with Gasteiger partial charge in [0, 0.05) is 6.42 Å². The van der Waals surface area contributed by atoms with E-state index in [9.17, 15) is 9.59 Å². The van der Waals surface area contributed by atoms with Gasteiger partial charge in [-0.3, -0.25) is 9.59 Å². The van der Waals surface area contributed by atoms with Crippen molar-refractivity contribution in [1.82, 2.24) is 0 Å². The lowest BCUT2D eigenvalue weighted by molar-refractivity contribution is -0.168. The Morgan fingerprint density at radius 1 is 0.818 bits per heavy atom. The van der Waals surface area contributed by atoms with Crippen LogP contribution in [-0.2, 0) is 19.1 Å². The standard InChI is InChI=1S/C18H34O4/c1-12(2)18(13(3)4,17(20)22-15(7)8)11-9-10-16(19)21-14(5)6/h12-15H,9-11H2,1-8H3. The molecule has 0 aromatic heterocycles. The monoisotopic (exact) mass is 314 g/mol. The summed E-state index contributed by atoms with van der Waals surface area (Å²) < 4.78 is 10.7. The lowest BCUT2D eigenvalue weighted by Crippen LogP contribution is -2.43. The van der Waals surface area contributed by atoms with Crippen LogP contribution in [0.25, 0.3) is 0 Å². The summed E-state index contributed by atoms with van der Waals surface area (Å²) in [5.74, 6) is -0.0434. The first-order chi connectivity index (χ1) is 10.0. The van der Waals surface area contributed by atoms with Gasteiger partial charge >= 0.3 is 11.9 Å². The zero-order chi connectivity index (χ0) is 17.5. The summed E-state index contributed by atoms with van der Waals surface area (Å²) in [6.45, 7) is 15.6. The fraction of sp³-hybridized carbons (Fsp3) is 0.889. The molecule has 0 bridgehead atoms. The van der Waals surface area contributed by atoms with E-state index >= 15 is 0 Å². The Balaban J connectivity index is 4.95. The van der Waals surface area contributed by atoms with E-state index in [4.69, 9.17) is 9.47 Å². The van der Waals surface area contributed by atoms with Crippen molar-refractivity contribution in [2.24, 2.45) is 17.3 Å². The number of hydrogen-bond donors (Lipinski definition) is 0. The Morgan fingerprint density at radius 3 is 1.64 bits per heavy atom. The highest BCUT2D eigenvalue weighted by Crippen LogP contribution is 2.42. The van der Waals surface area contributed by atoms with Gasteiger partial charge in [-0.05, 0) is 52.4 Å². The Labute approximate surface area is 135 Å². The number of rotatable bonds is 9. The van der Waals surface area contributed by atoms with E-state index in [2.05, 4.69) is 0 Å². The SMILES string of the molecule is CC(C)OC(=O)CCCC(C(=O)OC(C)C)(C(C)C)C(C)C. The molecule has 0 aliphatic carbocycles. The van der Waals surface area contributed by atoms with Crippen LogP contribution in [0.4, 0.5) is 0 Å². The molecular weight excluding hydrogens is 280 g/mol. The van der Waals surface area contributed by atoms with Crippen LogP contribution in [0.3, 0.4) is 0 Å². The lowest BCUT2D eigenvalue weighted by Gasteiger charge is -2.39.